The molecule has 0 amide bonds. The van der Waals surface area contributed by atoms with Gasteiger partial charge in [0.1, 0.15) is 5.82 Å². The van der Waals surface area contributed by atoms with E-state index >= 15 is 0 Å². The minimum Gasteiger partial charge on any atom is -0.370 e. The minimum atomic E-state index is -0.359. The monoisotopic (exact) mass is 294 g/mol. The first-order valence-corrected chi connectivity index (χ1v) is 7.52. The maximum absolute atomic E-state index is 11.3. The van der Waals surface area contributed by atoms with Crippen molar-refractivity contribution < 1.29 is 4.92 Å². The van der Waals surface area contributed by atoms with Crippen molar-refractivity contribution in [1.82, 2.24) is 4.98 Å². The summed E-state index contributed by atoms with van der Waals surface area (Å²) >= 11 is 0. The number of pyridine rings is 1. The summed E-state index contributed by atoms with van der Waals surface area (Å²) < 4.78 is 0. The lowest BCUT2D eigenvalue weighted by Crippen LogP contribution is -2.35. The minimum absolute atomic E-state index is 0.0615. The van der Waals surface area contributed by atoms with Gasteiger partial charge in [0.05, 0.1) is 4.92 Å². The fourth-order valence-corrected chi connectivity index (χ4v) is 2.08. The first-order chi connectivity index (χ1) is 9.86. The van der Waals surface area contributed by atoms with Crippen molar-refractivity contribution in [1.29, 1.82) is 0 Å². The predicted octanol–water partition coefficient (Wildman–Crippen LogP) is 3.68. The van der Waals surface area contributed by atoms with Crippen LogP contribution < -0.4 is 10.2 Å². The SMILES string of the molecule is CCCNc1ccc([N+](=O)[O-])c(N(CC(C)C)C(C)C)n1. The van der Waals surface area contributed by atoms with Crippen molar-refractivity contribution >= 4 is 17.3 Å². The lowest BCUT2D eigenvalue weighted by atomic mass is 10.1. The molecule has 6 heteroatoms. The smallest absolute Gasteiger partial charge is 0.311 e. The van der Waals surface area contributed by atoms with Gasteiger partial charge in [0, 0.05) is 25.2 Å². The van der Waals surface area contributed by atoms with Crippen LogP contribution in [0.2, 0.25) is 0 Å². The van der Waals surface area contributed by atoms with E-state index in [1.165, 1.54) is 6.07 Å². The van der Waals surface area contributed by atoms with E-state index in [0.29, 0.717) is 17.6 Å². The Balaban J connectivity index is 3.21. The summed E-state index contributed by atoms with van der Waals surface area (Å²) in [7, 11) is 0. The molecule has 0 fully saturated rings. The highest BCUT2D eigenvalue weighted by molar-refractivity contribution is 5.62. The standard InChI is InChI=1S/C15H26N4O2/c1-6-9-16-14-8-7-13(19(20)21)15(17-14)18(12(4)5)10-11(2)3/h7-8,11-12H,6,9-10H2,1-5H3,(H,16,17). The summed E-state index contributed by atoms with van der Waals surface area (Å²) in [5.41, 5.74) is 0.0615. The van der Waals surface area contributed by atoms with Gasteiger partial charge in [0.15, 0.2) is 0 Å². The van der Waals surface area contributed by atoms with Gasteiger partial charge in [-0.05, 0) is 32.3 Å². The molecule has 1 N–H and O–H groups in total. The second-order valence-electron chi connectivity index (χ2n) is 5.86. The second kappa shape index (κ2) is 7.81. The molecule has 118 valence electrons. The zero-order valence-electron chi connectivity index (χ0n) is 13.6. The normalized spacial score (nSPS) is 11.0. The number of nitro groups is 1. The van der Waals surface area contributed by atoms with Crippen LogP contribution in [0.1, 0.15) is 41.0 Å². The largest absolute Gasteiger partial charge is 0.370 e. The molecule has 1 rings (SSSR count). The highest BCUT2D eigenvalue weighted by Gasteiger charge is 2.24. The van der Waals surface area contributed by atoms with Crippen LogP contribution >= 0.6 is 0 Å². The fraction of sp³-hybridized carbons (Fsp3) is 0.667. The van der Waals surface area contributed by atoms with E-state index in [4.69, 9.17) is 0 Å². The Hall–Kier alpha value is -1.85. The zero-order valence-corrected chi connectivity index (χ0v) is 13.6. The lowest BCUT2D eigenvalue weighted by Gasteiger charge is -2.29. The molecule has 21 heavy (non-hydrogen) atoms. The van der Waals surface area contributed by atoms with E-state index in [-0.39, 0.29) is 16.7 Å². The summed E-state index contributed by atoms with van der Waals surface area (Å²) in [6.45, 7) is 11.9. The van der Waals surface area contributed by atoms with E-state index < -0.39 is 0 Å². The van der Waals surface area contributed by atoms with Crippen LogP contribution in [0.4, 0.5) is 17.3 Å². The molecular formula is C15H26N4O2. The number of rotatable bonds is 8. The molecule has 0 aliphatic rings. The number of anilines is 2. The van der Waals surface area contributed by atoms with Gasteiger partial charge in [-0.1, -0.05) is 20.8 Å². The molecule has 0 aliphatic carbocycles. The number of hydrogen-bond donors (Lipinski definition) is 1. The van der Waals surface area contributed by atoms with E-state index in [2.05, 4.69) is 31.1 Å². The average Bonchev–Trinajstić information content (AvgIpc) is 2.41. The molecule has 0 bridgehead atoms. The summed E-state index contributed by atoms with van der Waals surface area (Å²) in [6.07, 6.45) is 0.980. The third-order valence-corrected chi connectivity index (χ3v) is 3.06. The molecule has 1 aromatic rings. The van der Waals surface area contributed by atoms with Gasteiger partial charge in [-0.3, -0.25) is 10.1 Å². The van der Waals surface area contributed by atoms with Crippen molar-refractivity contribution in [2.45, 2.75) is 47.1 Å². The molecule has 0 spiro atoms. The van der Waals surface area contributed by atoms with Crippen LogP contribution in [-0.2, 0) is 0 Å². The van der Waals surface area contributed by atoms with Gasteiger partial charge in [0.25, 0.3) is 0 Å². The molecule has 0 unspecified atom stereocenters. The van der Waals surface area contributed by atoms with Crippen LogP contribution in [0.15, 0.2) is 12.1 Å². The molecule has 1 heterocycles. The van der Waals surface area contributed by atoms with Crippen molar-refractivity contribution in [3.63, 3.8) is 0 Å². The number of aromatic nitrogens is 1. The summed E-state index contributed by atoms with van der Waals surface area (Å²) in [6, 6.07) is 3.36. The number of nitrogens with zero attached hydrogens (tertiary/aromatic N) is 3. The van der Waals surface area contributed by atoms with Crippen molar-refractivity contribution in [3.05, 3.63) is 22.2 Å². The van der Waals surface area contributed by atoms with E-state index in [1.54, 1.807) is 6.07 Å². The van der Waals surface area contributed by atoms with Gasteiger partial charge in [-0.2, -0.15) is 0 Å². The van der Waals surface area contributed by atoms with Gasteiger partial charge in [0.2, 0.25) is 5.82 Å². The van der Waals surface area contributed by atoms with Gasteiger partial charge < -0.3 is 10.2 Å². The highest BCUT2D eigenvalue weighted by atomic mass is 16.6. The van der Waals surface area contributed by atoms with Crippen LogP contribution in [0.5, 0.6) is 0 Å². The maximum atomic E-state index is 11.3. The number of hydrogen-bond acceptors (Lipinski definition) is 5. The van der Waals surface area contributed by atoms with Crippen molar-refractivity contribution in [3.8, 4) is 0 Å². The van der Waals surface area contributed by atoms with E-state index in [1.807, 2.05) is 18.7 Å². The Labute approximate surface area is 126 Å². The summed E-state index contributed by atoms with van der Waals surface area (Å²) in [5, 5.41) is 14.5. The van der Waals surface area contributed by atoms with Crippen molar-refractivity contribution in [2.75, 3.05) is 23.3 Å². The fourth-order valence-electron chi connectivity index (χ4n) is 2.08. The first kappa shape index (κ1) is 17.2. The van der Waals surface area contributed by atoms with Crippen LogP contribution in [0.25, 0.3) is 0 Å². The van der Waals surface area contributed by atoms with E-state index in [0.717, 1.165) is 19.5 Å². The maximum Gasteiger partial charge on any atom is 0.311 e. The molecule has 1 aromatic heterocycles. The Kier molecular flexibility index (Phi) is 6.39. The molecule has 6 nitrogen and oxygen atoms in total. The first-order valence-electron chi connectivity index (χ1n) is 7.52. The lowest BCUT2D eigenvalue weighted by molar-refractivity contribution is -0.384. The van der Waals surface area contributed by atoms with Crippen molar-refractivity contribution in [2.24, 2.45) is 5.92 Å². The second-order valence-corrected chi connectivity index (χ2v) is 5.86. The molecule has 0 saturated carbocycles. The average molecular weight is 294 g/mol. The van der Waals surface area contributed by atoms with Gasteiger partial charge in [-0.15, -0.1) is 0 Å². The van der Waals surface area contributed by atoms with Crippen LogP contribution in [0.3, 0.4) is 0 Å². The Morgan fingerprint density at radius 3 is 2.48 bits per heavy atom. The highest BCUT2D eigenvalue weighted by Crippen LogP contribution is 2.29. The van der Waals surface area contributed by atoms with Gasteiger partial charge >= 0.3 is 5.69 Å². The third kappa shape index (κ3) is 4.88. The topological polar surface area (TPSA) is 71.3 Å². The quantitative estimate of drug-likeness (QED) is 0.585. The molecule has 0 radical (unpaired) electrons. The number of nitrogens with one attached hydrogen (secondary N) is 1. The molecule has 0 saturated heterocycles. The molecule has 0 aromatic carbocycles. The molecule has 0 aliphatic heterocycles. The molecular weight excluding hydrogens is 268 g/mol. The van der Waals surface area contributed by atoms with E-state index in [9.17, 15) is 10.1 Å². The Morgan fingerprint density at radius 2 is 2.00 bits per heavy atom. The zero-order chi connectivity index (χ0) is 16.0. The molecule has 0 atom stereocenters. The van der Waals surface area contributed by atoms with Crippen LogP contribution in [-0.4, -0.2) is 29.0 Å². The van der Waals surface area contributed by atoms with Crippen LogP contribution in [0, 0.1) is 16.0 Å². The summed E-state index contributed by atoms with van der Waals surface area (Å²) in [5.74, 6) is 1.54. The Bertz CT molecular complexity index is 475. The Morgan fingerprint density at radius 1 is 1.33 bits per heavy atom. The van der Waals surface area contributed by atoms with Gasteiger partial charge in [-0.25, -0.2) is 4.98 Å². The predicted molar refractivity (Wildman–Crippen MR) is 87.0 cm³/mol. The summed E-state index contributed by atoms with van der Waals surface area (Å²) in [4.78, 5) is 17.4. The third-order valence-electron chi connectivity index (χ3n) is 3.06.